The van der Waals surface area contributed by atoms with E-state index in [0.29, 0.717) is 0 Å². The molecule has 8 heteroatoms. The standard InChI is InChI=1S/C28H28N8/c1-35(2)27-17-13-25(14-18-27)33-31-23-9-5-21(6-10-23)29-30-22-7-11-24(12-8-22)32-34-26-15-19-28(20-16-26)36(3)4/h5-20H,1-4H3/b30-29+,33-31+,34-32+. The number of rotatable bonds is 8. The minimum Gasteiger partial charge on any atom is -0.378 e. The third kappa shape index (κ3) is 6.89. The van der Waals surface area contributed by atoms with Crippen LogP contribution in [0.3, 0.4) is 0 Å². The first kappa shape index (κ1) is 24.4. The molecular weight excluding hydrogens is 448 g/mol. The number of hydrogen-bond acceptors (Lipinski definition) is 8. The van der Waals surface area contributed by atoms with E-state index < -0.39 is 0 Å². The van der Waals surface area contributed by atoms with Crippen LogP contribution in [0.1, 0.15) is 0 Å². The predicted molar refractivity (Wildman–Crippen MR) is 147 cm³/mol. The second-order valence-corrected chi connectivity index (χ2v) is 8.45. The predicted octanol–water partition coefficient (Wildman–Crippen LogP) is 9.06. The van der Waals surface area contributed by atoms with Crippen LogP contribution in [0.4, 0.5) is 45.5 Å². The summed E-state index contributed by atoms with van der Waals surface area (Å²) >= 11 is 0. The van der Waals surface area contributed by atoms with Gasteiger partial charge in [0.05, 0.1) is 34.1 Å². The van der Waals surface area contributed by atoms with E-state index in [4.69, 9.17) is 0 Å². The monoisotopic (exact) mass is 476 g/mol. The van der Waals surface area contributed by atoms with Gasteiger partial charge in [0.25, 0.3) is 0 Å². The van der Waals surface area contributed by atoms with Crippen LogP contribution in [-0.4, -0.2) is 28.2 Å². The van der Waals surface area contributed by atoms with Crippen LogP contribution in [0.2, 0.25) is 0 Å². The average molecular weight is 477 g/mol. The Morgan fingerprint density at radius 3 is 0.639 bits per heavy atom. The summed E-state index contributed by atoms with van der Waals surface area (Å²) in [5.41, 5.74) is 6.79. The van der Waals surface area contributed by atoms with E-state index in [0.717, 1.165) is 45.5 Å². The molecule has 0 N–H and O–H groups in total. The average Bonchev–Trinajstić information content (AvgIpc) is 2.91. The van der Waals surface area contributed by atoms with Gasteiger partial charge < -0.3 is 9.80 Å². The SMILES string of the molecule is CN(C)c1ccc(/N=N/c2ccc(/N=N/c3ccc(/N=N/c4ccc(N(C)C)cc4)cc3)cc2)cc1. The van der Waals surface area contributed by atoms with Crippen molar-refractivity contribution in [3.8, 4) is 0 Å². The lowest BCUT2D eigenvalue weighted by Crippen LogP contribution is -2.07. The van der Waals surface area contributed by atoms with E-state index in [1.54, 1.807) is 0 Å². The van der Waals surface area contributed by atoms with Gasteiger partial charge in [-0.1, -0.05) is 0 Å². The number of hydrogen-bond donors (Lipinski definition) is 0. The molecule has 36 heavy (non-hydrogen) atoms. The molecule has 0 aliphatic rings. The van der Waals surface area contributed by atoms with Crippen LogP contribution >= 0.6 is 0 Å². The summed E-state index contributed by atoms with van der Waals surface area (Å²) < 4.78 is 0. The molecular formula is C28H28N8. The molecule has 0 saturated carbocycles. The van der Waals surface area contributed by atoms with Gasteiger partial charge in [0, 0.05) is 39.6 Å². The molecule has 0 saturated heterocycles. The third-order valence-corrected chi connectivity index (χ3v) is 5.27. The van der Waals surface area contributed by atoms with Crippen LogP contribution in [-0.2, 0) is 0 Å². The van der Waals surface area contributed by atoms with Crippen LogP contribution in [0.5, 0.6) is 0 Å². The zero-order valence-electron chi connectivity index (χ0n) is 20.8. The van der Waals surface area contributed by atoms with Crippen molar-refractivity contribution in [3.63, 3.8) is 0 Å². The molecule has 0 aromatic heterocycles. The summed E-state index contributed by atoms with van der Waals surface area (Å²) in [7, 11) is 8.02. The fourth-order valence-electron chi connectivity index (χ4n) is 3.15. The fraction of sp³-hybridized carbons (Fsp3) is 0.143. The van der Waals surface area contributed by atoms with Gasteiger partial charge >= 0.3 is 0 Å². The van der Waals surface area contributed by atoms with Crippen LogP contribution in [0, 0.1) is 0 Å². The van der Waals surface area contributed by atoms with Crippen LogP contribution in [0.25, 0.3) is 0 Å². The lowest BCUT2D eigenvalue weighted by molar-refractivity contribution is 1.13. The van der Waals surface area contributed by atoms with Gasteiger partial charge in [0.1, 0.15) is 0 Å². The molecule has 8 nitrogen and oxygen atoms in total. The van der Waals surface area contributed by atoms with Crippen molar-refractivity contribution in [2.24, 2.45) is 30.7 Å². The third-order valence-electron chi connectivity index (χ3n) is 5.27. The highest BCUT2D eigenvalue weighted by atomic mass is 15.1. The van der Waals surface area contributed by atoms with Gasteiger partial charge in [0.15, 0.2) is 0 Å². The Morgan fingerprint density at radius 2 is 0.472 bits per heavy atom. The number of anilines is 2. The van der Waals surface area contributed by atoms with Gasteiger partial charge in [-0.05, 0) is 97.1 Å². The van der Waals surface area contributed by atoms with Crippen molar-refractivity contribution >= 4 is 45.5 Å². The second kappa shape index (κ2) is 11.6. The molecule has 0 spiro atoms. The molecule has 0 aliphatic carbocycles. The Kier molecular flexibility index (Phi) is 7.87. The van der Waals surface area contributed by atoms with E-state index in [-0.39, 0.29) is 0 Å². The number of nitrogens with zero attached hydrogens (tertiary/aromatic N) is 8. The smallest absolute Gasteiger partial charge is 0.0858 e. The summed E-state index contributed by atoms with van der Waals surface area (Å²) in [4.78, 5) is 4.08. The second-order valence-electron chi connectivity index (χ2n) is 8.45. The van der Waals surface area contributed by atoms with Crippen molar-refractivity contribution in [2.75, 3.05) is 38.0 Å². The Bertz CT molecular complexity index is 1230. The summed E-state index contributed by atoms with van der Waals surface area (Å²) in [6, 6.07) is 30.7. The molecule has 4 aromatic carbocycles. The van der Waals surface area contributed by atoms with E-state index in [2.05, 4.69) is 30.7 Å². The maximum atomic E-state index is 4.30. The van der Waals surface area contributed by atoms with Gasteiger partial charge in [-0.25, -0.2) is 0 Å². The van der Waals surface area contributed by atoms with Crippen molar-refractivity contribution in [3.05, 3.63) is 97.1 Å². The highest BCUT2D eigenvalue weighted by molar-refractivity contribution is 5.54. The topological polar surface area (TPSA) is 80.6 Å². The minimum atomic E-state index is 0.731. The van der Waals surface area contributed by atoms with Crippen LogP contribution in [0.15, 0.2) is 128 Å². The zero-order valence-corrected chi connectivity index (χ0v) is 20.8. The van der Waals surface area contributed by atoms with E-state index >= 15 is 0 Å². The van der Waals surface area contributed by atoms with Gasteiger partial charge in [0.2, 0.25) is 0 Å². The number of azo groups is 3. The van der Waals surface area contributed by atoms with Crippen molar-refractivity contribution in [2.45, 2.75) is 0 Å². The fourth-order valence-corrected chi connectivity index (χ4v) is 3.15. The molecule has 180 valence electrons. The molecule has 0 fully saturated rings. The Balaban J connectivity index is 1.32. The first-order valence-corrected chi connectivity index (χ1v) is 11.5. The van der Waals surface area contributed by atoms with E-state index in [1.807, 2.05) is 135 Å². The van der Waals surface area contributed by atoms with Gasteiger partial charge in [-0.15, -0.1) is 0 Å². The molecule has 0 radical (unpaired) electrons. The highest BCUT2D eigenvalue weighted by Crippen LogP contribution is 2.26. The summed E-state index contributed by atoms with van der Waals surface area (Å²) in [5.74, 6) is 0. The molecule has 0 amide bonds. The Hall–Kier alpha value is -4.72. The lowest BCUT2D eigenvalue weighted by Gasteiger charge is -2.11. The number of benzene rings is 4. The van der Waals surface area contributed by atoms with E-state index in [1.165, 1.54) is 0 Å². The molecule has 4 rings (SSSR count). The Labute approximate surface area is 211 Å². The first-order valence-electron chi connectivity index (χ1n) is 11.5. The Morgan fingerprint density at radius 1 is 0.306 bits per heavy atom. The largest absolute Gasteiger partial charge is 0.378 e. The molecule has 4 aromatic rings. The van der Waals surface area contributed by atoms with Crippen molar-refractivity contribution < 1.29 is 0 Å². The molecule has 0 heterocycles. The minimum absolute atomic E-state index is 0.731. The van der Waals surface area contributed by atoms with Crippen molar-refractivity contribution in [1.29, 1.82) is 0 Å². The molecule has 0 bridgehead atoms. The summed E-state index contributed by atoms with van der Waals surface area (Å²) in [6.07, 6.45) is 0. The normalized spacial score (nSPS) is 11.6. The van der Waals surface area contributed by atoms with Gasteiger partial charge in [-0.2, -0.15) is 30.7 Å². The van der Waals surface area contributed by atoms with Crippen molar-refractivity contribution in [1.82, 2.24) is 0 Å². The van der Waals surface area contributed by atoms with Crippen LogP contribution < -0.4 is 9.80 Å². The van der Waals surface area contributed by atoms with Gasteiger partial charge in [-0.3, -0.25) is 0 Å². The summed E-state index contributed by atoms with van der Waals surface area (Å²) in [5, 5.41) is 25.7. The maximum absolute atomic E-state index is 4.30. The highest BCUT2D eigenvalue weighted by Gasteiger charge is 1.98. The van der Waals surface area contributed by atoms with E-state index in [9.17, 15) is 0 Å². The first-order chi connectivity index (χ1) is 17.5. The maximum Gasteiger partial charge on any atom is 0.0858 e. The summed E-state index contributed by atoms with van der Waals surface area (Å²) in [6.45, 7) is 0. The quantitative estimate of drug-likeness (QED) is 0.238. The molecule has 0 aliphatic heterocycles. The lowest BCUT2D eigenvalue weighted by atomic mass is 10.3. The zero-order chi connectivity index (χ0) is 25.3. The molecule has 0 atom stereocenters. The molecule has 0 unspecified atom stereocenters.